The van der Waals surface area contributed by atoms with Crippen molar-refractivity contribution in [3.63, 3.8) is 0 Å². The SMILES string of the molecule is CC(=O)N[C@H]1c2ccccc2C2(CCN(C(=O)CC3CCCC3)CC2)[C@@H]1OCc1ccncc1. The standard InChI is InChI=1S/C28H35N3O3/c1-20(32)30-26-23-8-4-5-9-24(23)28(27(26)34-19-22-10-14-29-15-11-22)12-16-31(17-13-28)25(33)18-21-6-2-3-7-21/h4-5,8-11,14-15,21,26-27H,2-3,6-7,12-13,16-19H2,1H3,(H,30,32)/t26-,27+/m0/s1. The van der Waals surface area contributed by atoms with Crippen LogP contribution in [0.2, 0.25) is 0 Å². The number of aromatic nitrogens is 1. The van der Waals surface area contributed by atoms with Crippen molar-refractivity contribution >= 4 is 11.8 Å². The fourth-order valence-corrected chi connectivity index (χ4v) is 6.45. The van der Waals surface area contributed by atoms with Crippen LogP contribution in [0.4, 0.5) is 0 Å². The molecule has 6 nitrogen and oxygen atoms in total. The van der Waals surface area contributed by atoms with E-state index in [2.05, 4.69) is 33.4 Å². The third-order valence-electron chi connectivity index (χ3n) is 8.16. The smallest absolute Gasteiger partial charge is 0.222 e. The zero-order chi connectivity index (χ0) is 23.5. The quantitative estimate of drug-likeness (QED) is 0.696. The predicted octanol–water partition coefficient (Wildman–Crippen LogP) is 4.30. The van der Waals surface area contributed by atoms with Crippen molar-refractivity contribution in [1.82, 2.24) is 15.2 Å². The van der Waals surface area contributed by atoms with Gasteiger partial charge in [0.05, 0.1) is 18.8 Å². The van der Waals surface area contributed by atoms with Gasteiger partial charge in [-0.05, 0) is 60.4 Å². The third kappa shape index (κ3) is 4.48. The van der Waals surface area contributed by atoms with Crippen molar-refractivity contribution in [2.75, 3.05) is 13.1 Å². The Morgan fingerprint density at radius 1 is 1.09 bits per heavy atom. The number of nitrogens with zero attached hydrogens (tertiary/aromatic N) is 2. The van der Waals surface area contributed by atoms with E-state index in [-0.39, 0.29) is 23.5 Å². The van der Waals surface area contributed by atoms with Gasteiger partial charge in [-0.3, -0.25) is 14.6 Å². The Kier molecular flexibility index (Phi) is 6.68. The summed E-state index contributed by atoms with van der Waals surface area (Å²) in [6.07, 6.45) is 10.7. The molecule has 1 aromatic carbocycles. The molecule has 1 saturated heterocycles. The Balaban J connectivity index is 1.38. The van der Waals surface area contributed by atoms with Crippen molar-refractivity contribution in [1.29, 1.82) is 0 Å². The molecule has 2 fully saturated rings. The van der Waals surface area contributed by atoms with Gasteiger partial charge in [-0.1, -0.05) is 37.1 Å². The molecule has 5 rings (SSSR count). The largest absolute Gasteiger partial charge is 0.370 e. The monoisotopic (exact) mass is 461 g/mol. The van der Waals surface area contributed by atoms with Crippen LogP contribution in [0, 0.1) is 5.92 Å². The molecular weight excluding hydrogens is 426 g/mol. The van der Waals surface area contributed by atoms with Gasteiger partial charge in [0.25, 0.3) is 0 Å². The number of hydrogen-bond donors (Lipinski definition) is 1. The summed E-state index contributed by atoms with van der Waals surface area (Å²) in [5, 5.41) is 3.18. The molecule has 2 aromatic rings. The summed E-state index contributed by atoms with van der Waals surface area (Å²) in [5.41, 5.74) is 3.24. The van der Waals surface area contributed by atoms with Gasteiger partial charge in [-0.2, -0.15) is 0 Å². The first-order chi connectivity index (χ1) is 16.6. The molecule has 1 spiro atoms. The highest BCUT2D eigenvalue weighted by Crippen LogP contribution is 2.52. The van der Waals surface area contributed by atoms with Gasteiger partial charge in [-0.25, -0.2) is 0 Å². The van der Waals surface area contributed by atoms with Crippen LogP contribution in [0.15, 0.2) is 48.8 Å². The van der Waals surface area contributed by atoms with Gasteiger partial charge in [0.2, 0.25) is 11.8 Å². The van der Waals surface area contributed by atoms with Gasteiger partial charge in [-0.15, -0.1) is 0 Å². The number of rotatable bonds is 6. The lowest BCUT2D eigenvalue weighted by atomic mass is 9.71. The van der Waals surface area contributed by atoms with Crippen LogP contribution in [0.1, 0.15) is 74.6 Å². The fourth-order valence-electron chi connectivity index (χ4n) is 6.45. The number of likely N-dealkylation sites (tertiary alicyclic amines) is 1. The zero-order valence-electron chi connectivity index (χ0n) is 20.0. The van der Waals surface area contributed by atoms with Gasteiger partial charge in [0.1, 0.15) is 0 Å². The molecule has 180 valence electrons. The maximum Gasteiger partial charge on any atom is 0.222 e. The van der Waals surface area contributed by atoms with Crippen molar-refractivity contribution < 1.29 is 14.3 Å². The van der Waals surface area contributed by atoms with E-state index in [0.717, 1.165) is 37.1 Å². The summed E-state index contributed by atoms with van der Waals surface area (Å²) in [5.74, 6) is 0.815. The molecule has 1 N–H and O–H groups in total. The zero-order valence-corrected chi connectivity index (χ0v) is 20.0. The minimum absolute atomic E-state index is 0.0569. The Bertz CT molecular complexity index is 1010. The summed E-state index contributed by atoms with van der Waals surface area (Å²) in [6.45, 7) is 3.50. The normalized spacial score (nSPS) is 23.7. The molecule has 1 aliphatic heterocycles. The van der Waals surface area contributed by atoms with Gasteiger partial charge in [0.15, 0.2) is 0 Å². The van der Waals surface area contributed by atoms with Gasteiger partial charge in [0, 0.05) is 44.2 Å². The number of amides is 2. The van der Waals surface area contributed by atoms with Crippen LogP contribution < -0.4 is 5.32 Å². The van der Waals surface area contributed by atoms with Crippen LogP contribution in [0.5, 0.6) is 0 Å². The number of ether oxygens (including phenoxy) is 1. The molecule has 2 heterocycles. The average Bonchev–Trinajstić information content (AvgIpc) is 3.44. The molecule has 0 unspecified atom stereocenters. The molecule has 2 aliphatic carbocycles. The molecular formula is C28H35N3O3. The van der Waals surface area contributed by atoms with E-state index in [4.69, 9.17) is 4.74 Å². The first kappa shape index (κ1) is 23.0. The molecule has 2 atom stereocenters. The van der Waals surface area contributed by atoms with Crippen molar-refractivity contribution in [3.8, 4) is 0 Å². The second-order valence-corrected chi connectivity index (χ2v) is 10.2. The summed E-state index contributed by atoms with van der Waals surface area (Å²) in [4.78, 5) is 31.4. The number of benzene rings is 1. The van der Waals surface area contributed by atoms with Crippen LogP contribution >= 0.6 is 0 Å². The summed E-state index contributed by atoms with van der Waals surface area (Å²) < 4.78 is 6.64. The van der Waals surface area contributed by atoms with E-state index >= 15 is 0 Å². The van der Waals surface area contributed by atoms with Gasteiger partial charge >= 0.3 is 0 Å². The molecule has 1 aromatic heterocycles. The van der Waals surface area contributed by atoms with Crippen LogP contribution in [-0.4, -0.2) is 40.9 Å². The third-order valence-corrected chi connectivity index (χ3v) is 8.16. The lowest BCUT2D eigenvalue weighted by Gasteiger charge is -2.44. The molecule has 0 bridgehead atoms. The topological polar surface area (TPSA) is 71.5 Å². The number of nitrogens with one attached hydrogen (secondary N) is 1. The first-order valence-electron chi connectivity index (χ1n) is 12.7. The first-order valence-corrected chi connectivity index (χ1v) is 12.7. The van der Waals surface area contributed by atoms with Crippen LogP contribution in [0.25, 0.3) is 0 Å². The Hall–Kier alpha value is -2.73. The second-order valence-electron chi connectivity index (χ2n) is 10.2. The van der Waals surface area contributed by atoms with E-state index in [9.17, 15) is 9.59 Å². The summed E-state index contributed by atoms with van der Waals surface area (Å²) >= 11 is 0. The number of pyridine rings is 1. The van der Waals surface area contributed by atoms with Crippen LogP contribution in [-0.2, 0) is 26.3 Å². The van der Waals surface area contributed by atoms with Gasteiger partial charge < -0.3 is 15.0 Å². The highest BCUT2D eigenvalue weighted by Gasteiger charge is 2.54. The number of piperidine rings is 1. The molecule has 2 amide bonds. The van der Waals surface area contributed by atoms with Crippen LogP contribution in [0.3, 0.4) is 0 Å². The van der Waals surface area contributed by atoms with E-state index < -0.39 is 0 Å². The minimum atomic E-state index is -0.221. The maximum atomic E-state index is 13.0. The lowest BCUT2D eigenvalue weighted by molar-refractivity contribution is -0.135. The Labute approximate surface area is 202 Å². The number of fused-ring (bicyclic) bond motifs is 2. The molecule has 34 heavy (non-hydrogen) atoms. The van der Waals surface area contributed by atoms with E-state index in [1.165, 1.54) is 31.2 Å². The van der Waals surface area contributed by atoms with Crippen molar-refractivity contribution in [2.45, 2.75) is 76.0 Å². The number of carbonyl (C=O) groups excluding carboxylic acids is 2. The molecule has 6 heteroatoms. The Morgan fingerprint density at radius 2 is 1.79 bits per heavy atom. The highest BCUT2D eigenvalue weighted by molar-refractivity contribution is 5.77. The number of carbonyl (C=O) groups is 2. The predicted molar refractivity (Wildman–Crippen MR) is 130 cm³/mol. The van der Waals surface area contributed by atoms with Crippen molar-refractivity contribution in [2.24, 2.45) is 5.92 Å². The highest BCUT2D eigenvalue weighted by atomic mass is 16.5. The van der Waals surface area contributed by atoms with E-state index in [0.29, 0.717) is 24.9 Å². The van der Waals surface area contributed by atoms with E-state index in [1.807, 2.05) is 18.2 Å². The molecule has 3 aliphatic rings. The average molecular weight is 462 g/mol. The molecule has 1 saturated carbocycles. The number of hydrogen-bond acceptors (Lipinski definition) is 4. The summed E-state index contributed by atoms with van der Waals surface area (Å²) in [6, 6.07) is 12.2. The summed E-state index contributed by atoms with van der Waals surface area (Å²) in [7, 11) is 0. The Morgan fingerprint density at radius 3 is 2.50 bits per heavy atom. The van der Waals surface area contributed by atoms with E-state index in [1.54, 1.807) is 19.3 Å². The lowest BCUT2D eigenvalue weighted by Crippen LogP contribution is -2.52. The molecule has 0 radical (unpaired) electrons. The fraction of sp³-hybridized carbons (Fsp3) is 0.536. The van der Waals surface area contributed by atoms with Crippen molar-refractivity contribution in [3.05, 3.63) is 65.5 Å². The maximum absolute atomic E-state index is 13.0. The minimum Gasteiger partial charge on any atom is -0.370 e. The second kappa shape index (κ2) is 9.87.